The predicted octanol–water partition coefficient (Wildman–Crippen LogP) is 5.24. The average molecular weight is 490 g/mol. The molecule has 0 amide bonds. The summed E-state index contributed by atoms with van der Waals surface area (Å²) >= 11 is 0. The van der Waals surface area contributed by atoms with E-state index in [1.54, 1.807) is 16.4 Å². The van der Waals surface area contributed by atoms with Crippen LogP contribution in [0.1, 0.15) is 45.2 Å². The van der Waals surface area contributed by atoms with Gasteiger partial charge in [-0.1, -0.05) is 61.0 Å². The van der Waals surface area contributed by atoms with E-state index in [1.165, 1.54) is 0 Å². The number of esters is 1. The van der Waals surface area contributed by atoms with E-state index < -0.39 is 21.0 Å². The Balaban J connectivity index is 1.74. The van der Waals surface area contributed by atoms with Gasteiger partial charge in [-0.2, -0.15) is 4.31 Å². The molecule has 182 valence electrons. The van der Waals surface area contributed by atoms with Gasteiger partial charge in [0.25, 0.3) is 0 Å². The third-order valence-electron chi connectivity index (χ3n) is 7.62. The van der Waals surface area contributed by atoms with Crippen LogP contribution in [0, 0.1) is 6.92 Å². The van der Waals surface area contributed by atoms with Crippen LogP contribution in [0.25, 0.3) is 0 Å². The second-order valence-corrected chi connectivity index (χ2v) is 12.1. The van der Waals surface area contributed by atoms with E-state index in [-0.39, 0.29) is 12.5 Å². The molecule has 0 radical (unpaired) electrons. The number of allylic oxidation sites excluding steroid dienone is 1. The fraction of sp³-hybridized carbons (Fsp3) is 0.345. The van der Waals surface area contributed by atoms with Crippen LogP contribution in [0.15, 0.2) is 93.4 Å². The molecule has 6 heteroatoms. The van der Waals surface area contributed by atoms with E-state index in [1.807, 2.05) is 58.0 Å². The van der Waals surface area contributed by atoms with Crippen molar-refractivity contribution in [3.63, 3.8) is 0 Å². The number of fused-ring (bicyclic) bond motifs is 2. The minimum atomic E-state index is -3.69. The molecule has 0 bridgehead atoms. The number of cyclic esters (lactones) is 1. The van der Waals surface area contributed by atoms with Gasteiger partial charge in [0.05, 0.1) is 4.90 Å². The number of nitrogens with zero attached hydrogens (tertiary/aromatic N) is 1. The molecule has 0 aromatic heterocycles. The molecule has 1 saturated heterocycles. The van der Waals surface area contributed by atoms with Gasteiger partial charge < -0.3 is 4.74 Å². The van der Waals surface area contributed by atoms with Crippen LogP contribution in [-0.2, 0) is 25.0 Å². The van der Waals surface area contributed by atoms with Crippen LogP contribution in [0.3, 0.4) is 0 Å². The van der Waals surface area contributed by atoms with Crippen molar-refractivity contribution in [2.24, 2.45) is 0 Å². The fourth-order valence-corrected chi connectivity index (χ4v) is 7.24. The molecule has 0 N–H and O–H groups in total. The predicted molar refractivity (Wildman–Crippen MR) is 136 cm³/mol. The van der Waals surface area contributed by atoms with Crippen molar-refractivity contribution in [3.8, 4) is 0 Å². The monoisotopic (exact) mass is 489 g/mol. The number of benzene rings is 2. The fourth-order valence-electron chi connectivity index (χ4n) is 5.86. The largest absolute Gasteiger partial charge is 0.451 e. The maximum absolute atomic E-state index is 13.6. The maximum atomic E-state index is 13.6. The second kappa shape index (κ2) is 8.04. The van der Waals surface area contributed by atoms with Crippen molar-refractivity contribution < 1.29 is 17.9 Å². The zero-order chi connectivity index (χ0) is 25.2. The molecule has 2 aromatic carbocycles. The molecule has 1 fully saturated rings. The maximum Gasteiger partial charge on any atom is 0.334 e. The van der Waals surface area contributed by atoms with Crippen LogP contribution >= 0.6 is 0 Å². The van der Waals surface area contributed by atoms with E-state index in [9.17, 15) is 13.2 Å². The topological polar surface area (TPSA) is 63.7 Å². The first-order chi connectivity index (χ1) is 16.5. The first-order valence-corrected chi connectivity index (χ1v) is 13.5. The van der Waals surface area contributed by atoms with Crippen molar-refractivity contribution in [1.82, 2.24) is 4.31 Å². The normalized spacial score (nSPS) is 24.1. The number of hydrogen-bond donors (Lipinski definition) is 0. The highest BCUT2D eigenvalue weighted by atomic mass is 32.2. The molecule has 0 spiro atoms. The summed E-state index contributed by atoms with van der Waals surface area (Å²) in [6.07, 6.45) is 2.94. The molecule has 2 heterocycles. The molecule has 5 rings (SSSR count). The summed E-state index contributed by atoms with van der Waals surface area (Å²) in [7, 11) is -3.69. The van der Waals surface area contributed by atoms with Gasteiger partial charge in [-0.05, 0) is 68.5 Å². The van der Waals surface area contributed by atoms with E-state index in [4.69, 9.17) is 4.74 Å². The van der Waals surface area contributed by atoms with Gasteiger partial charge in [0, 0.05) is 29.7 Å². The number of ether oxygens (including phenoxy) is 1. The zero-order valence-corrected chi connectivity index (χ0v) is 21.7. The molecule has 3 aliphatic rings. The van der Waals surface area contributed by atoms with Crippen molar-refractivity contribution >= 4 is 16.0 Å². The van der Waals surface area contributed by atoms with Crippen molar-refractivity contribution in [3.05, 3.63) is 99.7 Å². The first-order valence-electron chi connectivity index (χ1n) is 12.0. The highest BCUT2D eigenvalue weighted by molar-refractivity contribution is 7.89. The Kier molecular flexibility index (Phi) is 5.46. The van der Waals surface area contributed by atoms with Crippen LogP contribution < -0.4 is 0 Å². The van der Waals surface area contributed by atoms with Crippen LogP contribution in [0.5, 0.6) is 0 Å². The number of sulfonamides is 1. The molecule has 2 aliphatic heterocycles. The molecule has 35 heavy (non-hydrogen) atoms. The van der Waals surface area contributed by atoms with Gasteiger partial charge in [0.1, 0.15) is 5.60 Å². The standard InChI is InChI=1S/C29H31NO4S/c1-6-29(22-10-8-7-9-11-22)16-21-17-30(35(32,33)23-14-12-19(2)13-15-23)18-24(21)26-25(29)20(3)27(31)34-28(26,4)5/h7-16H,6,17-18H2,1-5H3. The van der Waals surface area contributed by atoms with Gasteiger partial charge in [0.2, 0.25) is 10.0 Å². The Morgan fingerprint density at radius 2 is 1.60 bits per heavy atom. The molecule has 1 aliphatic carbocycles. The number of carbonyl (C=O) groups excluding carboxylic acids is 1. The third-order valence-corrected chi connectivity index (χ3v) is 9.43. The lowest BCUT2D eigenvalue weighted by atomic mass is 9.60. The molecule has 0 saturated carbocycles. The van der Waals surface area contributed by atoms with Crippen molar-refractivity contribution in [1.29, 1.82) is 0 Å². The zero-order valence-electron chi connectivity index (χ0n) is 20.9. The number of rotatable bonds is 4. The Labute approximate surface area is 207 Å². The minimum absolute atomic E-state index is 0.254. The molecule has 2 aromatic rings. The van der Waals surface area contributed by atoms with E-state index in [0.29, 0.717) is 17.0 Å². The first kappa shape index (κ1) is 23.8. The van der Waals surface area contributed by atoms with Gasteiger partial charge in [-0.25, -0.2) is 13.2 Å². The van der Waals surface area contributed by atoms with Gasteiger partial charge in [0.15, 0.2) is 0 Å². The summed E-state index contributed by atoms with van der Waals surface area (Å²) in [6.45, 7) is 10.2. The Hall–Kier alpha value is -2.96. The van der Waals surface area contributed by atoms with E-state index in [2.05, 4.69) is 25.1 Å². The Morgan fingerprint density at radius 1 is 0.943 bits per heavy atom. The molecule has 1 unspecified atom stereocenters. The highest BCUT2D eigenvalue weighted by Gasteiger charge is 2.52. The average Bonchev–Trinajstić information content (AvgIpc) is 3.26. The molecule has 5 nitrogen and oxygen atoms in total. The van der Waals surface area contributed by atoms with E-state index >= 15 is 0 Å². The Morgan fingerprint density at radius 3 is 2.23 bits per heavy atom. The number of hydrogen-bond acceptors (Lipinski definition) is 4. The van der Waals surface area contributed by atoms with E-state index in [0.717, 1.165) is 39.8 Å². The van der Waals surface area contributed by atoms with Crippen LogP contribution in [0.4, 0.5) is 0 Å². The van der Waals surface area contributed by atoms with Crippen molar-refractivity contribution in [2.45, 2.75) is 57.0 Å². The van der Waals surface area contributed by atoms with Gasteiger partial charge >= 0.3 is 5.97 Å². The number of aryl methyl sites for hydroxylation is 1. The lowest BCUT2D eigenvalue weighted by Crippen LogP contribution is -2.45. The quantitative estimate of drug-likeness (QED) is 0.552. The SMILES string of the molecule is CCC1(c2ccccc2)C=C2CN(S(=O)(=O)c3ccc(C)cc3)CC2=C2C1=C(C)C(=O)OC2(C)C. The van der Waals surface area contributed by atoms with Crippen LogP contribution in [-0.4, -0.2) is 37.4 Å². The van der Waals surface area contributed by atoms with Gasteiger partial charge in [-0.3, -0.25) is 0 Å². The molecular weight excluding hydrogens is 458 g/mol. The number of carbonyl (C=O) groups is 1. The van der Waals surface area contributed by atoms with Crippen molar-refractivity contribution in [2.75, 3.05) is 13.1 Å². The lowest BCUT2D eigenvalue weighted by Gasteiger charge is -2.47. The Bertz CT molecular complexity index is 1410. The smallest absolute Gasteiger partial charge is 0.334 e. The summed E-state index contributed by atoms with van der Waals surface area (Å²) < 4.78 is 34.7. The summed E-state index contributed by atoms with van der Waals surface area (Å²) in [5.74, 6) is -0.318. The summed E-state index contributed by atoms with van der Waals surface area (Å²) in [5.41, 5.74) is 5.12. The third kappa shape index (κ3) is 3.54. The highest BCUT2D eigenvalue weighted by Crippen LogP contribution is 2.55. The summed E-state index contributed by atoms with van der Waals surface area (Å²) in [5, 5.41) is 0. The second-order valence-electron chi connectivity index (χ2n) is 10.2. The van der Waals surface area contributed by atoms with Gasteiger partial charge in [-0.15, -0.1) is 0 Å². The lowest BCUT2D eigenvalue weighted by molar-refractivity contribution is -0.149. The summed E-state index contributed by atoms with van der Waals surface area (Å²) in [6, 6.07) is 17.2. The molecular formula is C29H31NO4S. The minimum Gasteiger partial charge on any atom is -0.451 e. The van der Waals surface area contributed by atoms with Crippen LogP contribution in [0.2, 0.25) is 0 Å². The summed E-state index contributed by atoms with van der Waals surface area (Å²) in [4.78, 5) is 13.3. The molecule has 1 atom stereocenters.